The van der Waals surface area contributed by atoms with Gasteiger partial charge in [0, 0.05) is 6.04 Å². The van der Waals surface area contributed by atoms with Gasteiger partial charge in [0.15, 0.2) is 0 Å². The van der Waals surface area contributed by atoms with Gasteiger partial charge in [0.2, 0.25) is 10.0 Å². The fourth-order valence-electron chi connectivity index (χ4n) is 1.24. The molecule has 0 saturated heterocycles. The highest BCUT2D eigenvalue weighted by Crippen LogP contribution is 2.36. The topological polar surface area (TPSA) is 61.2 Å². The molecule has 8 heteroatoms. The number of nitrogens with zero attached hydrogens (tertiary/aromatic N) is 2. The van der Waals surface area contributed by atoms with Crippen LogP contribution in [-0.2, 0) is 10.0 Å². The Kier molecular flexibility index (Phi) is 4.81. The summed E-state index contributed by atoms with van der Waals surface area (Å²) in [6.07, 6.45) is 0. The summed E-state index contributed by atoms with van der Waals surface area (Å²) < 4.78 is 26.0. The van der Waals surface area contributed by atoms with E-state index in [1.54, 1.807) is 13.8 Å². The second-order valence-electron chi connectivity index (χ2n) is 3.49. The molecule has 1 aromatic heterocycles. The lowest BCUT2D eigenvalue weighted by molar-refractivity contribution is 0.386. The lowest BCUT2D eigenvalue weighted by Gasteiger charge is -2.22. The Morgan fingerprint density at radius 3 is 2.47 bits per heavy atom. The third kappa shape index (κ3) is 3.12. The maximum absolute atomic E-state index is 12.2. The summed E-state index contributed by atoms with van der Waals surface area (Å²) in [5.41, 5.74) is 0. The maximum Gasteiger partial charge on any atom is 0.246 e. The van der Waals surface area contributed by atoms with E-state index in [1.165, 1.54) is 6.07 Å². The summed E-state index contributed by atoms with van der Waals surface area (Å²) in [6.45, 7) is 3.16. The normalized spacial score (nSPS) is 12.1. The molecule has 0 bridgehead atoms. The molecule has 4 nitrogen and oxygen atoms in total. The molecule has 0 spiro atoms. The summed E-state index contributed by atoms with van der Waals surface area (Å²) in [4.78, 5) is -0.0434. The van der Waals surface area contributed by atoms with Gasteiger partial charge in [0.25, 0.3) is 0 Å². The molecule has 0 aliphatic carbocycles. The Balaban J connectivity index is 3.27. The Morgan fingerprint density at radius 2 is 2.12 bits per heavy atom. The number of hydrogen-bond donors (Lipinski definition) is 0. The Bertz CT molecular complexity index is 546. The zero-order chi connectivity index (χ0) is 13.2. The molecule has 94 valence electrons. The number of halogens is 2. The van der Waals surface area contributed by atoms with Crippen molar-refractivity contribution in [2.24, 2.45) is 0 Å². The van der Waals surface area contributed by atoms with E-state index in [1.807, 2.05) is 6.07 Å². The molecule has 0 aliphatic rings. The van der Waals surface area contributed by atoms with Crippen molar-refractivity contribution in [2.45, 2.75) is 24.8 Å². The predicted octanol–water partition coefficient (Wildman–Crippen LogP) is 2.98. The minimum atomic E-state index is -3.77. The van der Waals surface area contributed by atoms with Crippen LogP contribution in [0.3, 0.4) is 0 Å². The van der Waals surface area contributed by atoms with Gasteiger partial charge in [-0.1, -0.05) is 23.2 Å². The first-order chi connectivity index (χ1) is 7.80. The monoisotopic (exact) mass is 312 g/mol. The van der Waals surface area contributed by atoms with Crippen molar-refractivity contribution in [3.63, 3.8) is 0 Å². The van der Waals surface area contributed by atoms with Crippen LogP contribution in [-0.4, -0.2) is 25.3 Å². The van der Waals surface area contributed by atoms with E-state index in [2.05, 4.69) is 0 Å². The highest BCUT2D eigenvalue weighted by Gasteiger charge is 2.30. The molecule has 0 aromatic carbocycles. The van der Waals surface area contributed by atoms with Crippen LogP contribution in [0.25, 0.3) is 0 Å². The molecule has 1 rings (SSSR count). The largest absolute Gasteiger partial charge is 0.246 e. The van der Waals surface area contributed by atoms with Crippen LogP contribution >= 0.6 is 34.5 Å². The molecule has 0 unspecified atom stereocenters. The standard InChI is InChI=1S/C9H10Cl2N2O2S2/c1-6(2)13(4-3-12)17(14,15)7-5-8(10)16-9(7)11/h5-6H,4H2,1-2H3. The van der Waals surface area contributed by atoms with Crippen LogP contribution < -0.4 is 0 Å². The number of sulfonamides is 1. The van der Waals surface area contributed by atoms with Crippen molar-refractivity contribution in [1.82, 2.24) is 4.31 Å². The van der Waals surface area contributed by atoms with Crippen LogP contribution in [0.15, 0.2) is 11.0 Å². The number of rotatable bonds is 4. The first kappa shape index (κ1) is 14.7. The van der Waals surface area contributed by atoms with Gasteiger partial charge in [-0.2, -0.15) is 9.57 Å². The molecule has 0 fully saturated rings. The van der Waals surface area contributed by atoms with E-state index in [0.717, 1.165) is 15.6 Å². The third-order valence-corrected chi connectivity index (χ3v) is 5.79. The average Bonchev–Trinajstić information content (AvgIpc) is 2.54. The van der Waals surface area contributed by atoms with Gasteiger partial charge in [-0.25, -0.2) is 8.42 Å². The van der Waals surface area contributed by atoms with Crippen molar-refractivity contribution in [1.29, 1.82) is 5.26 Å². The van der Waals surface area contributed by atoms with Crippen molar-refractivity contribution < 1.29 is 8.42 Å². The molecule has 1 aromatic rings. The van der Waals surface area contributed by atoms with Crippen LogP contribution in [0.5, 0.6) is 0 Å². The maximum atomic E-state index is 12.2. The Hall–Kier alpha value is -0.320. The fraction of sp³-hybridized carbons (Fsp3) is 0.444. The number of thiophene rings is 1. The molecule has 0 amide bonds. The minimum absolute atomic E-state index is 0.0434. The predicted molar refractivity (Wildman–Crippen MR) is 69.0 cm³/mol. The van der Waals surface area contributed by atoms with Gasteiger partial charge in [0.1, 0.15) is 15.8 Å². The van der Waals surface area contributed by atoms with Gasteiger partial charge >= 0.3 is 0 Å². The third-order valence-electron chi connectivity index (χ3n) is 2.01. The summed E-state index contributed by atoms with van der Waals surface area (Å²) in [7, 11) is -3.77. The van der Waals surface area contributed by atoms with Crippen molar-refractivity contribution >= 4 is 44.6 Å². The molecule has 0 radical (unpaired) electrons. The molecule has 17 heavy (non-hydrogen) atoms. The molecule has 0 atom stereocenters. The second-order valence-corrected chi connectivity index (χ2v) is 7.64. The summed E-state index contributed by atoms with van der Waals surface area (Å²) in [6, 6.07) is 2.80. The Morgan fingerprint density at radius 1 is 1.53 bits per heavy atom. The van der Waals surface area contributed by atoms with Crippen molar-refractivity contribution in [3.8, 4) is 6.07 Å². The lowest BCUT2D eigenvalue weighted by Crippen LogP contribution is -2.37. The smallest absolute Gasteiger partial charge is 0.207 e. The van der Waals surface area contributed by atoms with Crippen LogP contribution in [0, 0.1) is 11.3 Å². The van der Waals surface area contributed by atoms with Gasteiger partial charge in [-0.3, -0.25) is 0 Å². The average molecular weight is 313 g/mol. The van der Waals surface area contributed by atoms with E-state index < -0.39 is 10.0 Å². The van der Waals surface area contributed by atoms with Crippen LogP contribution in [0.1, 0.15) is 13.8 Å². The molecular weight excluding hydrogens is 303 g/mol. The lowest BCUT2D eigenvalue weighted by atomic mass is 10.4. The van der Waals surface area contributed by atoms with Gasteiger partial charge in [-0.05, 0) is 19.9 Å². The molecule has 1 heterocycles. The quantitative estimate of drug-likeness (QED) is 0.803. The first-order valence-corrected chi connectivity index (χ1v) is 7.65. The second kappa shape index (κ2) is 5.55. The number of nitriles is 1. The molecular formula is C9H10Cl2N2O2S2. The van der Waals surface area contributed by atoms with E-state index in [0.29, 0.717) is 4.34 Å². The van der Waals surface area contributed by atoms with E-state index in [4.69, 9.17) is 28.5 Å². The van der Waals surface area contributed by atoms with Crippen molar-refractivity contribution in [3.05, 3.63) is 14.7 Å². The van der Waals surface area contributed by atoms with Gasteiger partial charge < -0.3 is 0 Å². The molecule has 0 N–H and O–H groups in total. The van der Waals surface area contributed by atoms with Crippen LogP contribution in [0.2, 0.25) is 8.67 Å². The zero-order valence-corrected chi connectivity index (χ0v) is 12.3. The zero-order valence-electron chi connectivity index (χ0n) is 9.15. The minimum Gasteiger partial charge on any atom is -0.207 e. The Labute approximate surface area is 114 Å². The van der Waals surface area contributed by atoms with E-state index >= 15 is 0 Å². The molecule has 0 aliphatic heterocycles. The van der Waals surface area contributed by atoms with Gasteiger partial charge in [-0.15, -0.1) is 11.3 Å². The number of hydrogen-bond acceptors (Lipinski definition) is 4. The highest BCUT2D eigenvalue weighted by molar-refractivity contribution is 7.89. The fourth-order valence-corrected chi connectivity index (χ4v) is 4.89. The van der Waals surface area contributed by atoms with Crippen LogP contribution in [0.4, 0.5) is 0 Å². The van der Waals surface area contributed by atoms with Crippen molar-refractivity contribution in [2.75, 3.05) is 6.54 Å². The summed E-state index contributed by atoms with van der Waals surface area (Å²) >= 11 is 12.5. The summed E-state index contributed by atoms with van der Waals surface area (Å²) in [5, 5.41) is 8.66. The highest BCUT2D eigenvalue weighted by atomic mass is 35.5. The first-order valence-electron chi connectivity index (χ1n) is 4.64. The van der Waals surface area contributed by atoms with Gasteiger partial charge in [0.05, 0.1) is 10.4 Å². The van der Waals surface area contributed by atoms with E-state index in [-0.39, 0.29) is 21.8 Å². The van der Waals surface area contributed by atoms with E-state index in [9.17, 15) is 8.42 Å². The SMILES string of the molecule is CC(C)N(CC#N)S(=O)(=O)c1cc(Cl)sc1Cl. The summed E-state index contributed by atoms with van der Waals surface area (Å²) in [5.74, 6) is 0. The molecule has 0 saturated carbocycles.